The molecule has 0 aromatic heterocycles. The Hall–Kier alpha value is -3.13. The number of alkyl halides is 3. The molecule has 2 heterocycles. The molecule has 2 aromatic rings. The Labute approximate surface area is 191 Å². The lowest BCUT2D eigenvalue weighted by Crippen LogP contribution is -2.47. The third-order valence-corrected chi connectivity index (χ3v) is 6.30. The van der Waals surface area contributed by atoms with Gasteiger partial charge in [0.15, 0.2) is 0 Å². The molecule has 1 fully saturated rings. The molecule has 0 spiro atoms. The van der Waals surface area contributed by atoms with E-state index in [9.17, 15) is 22.8 Å². The van der Waals surface area contributed by atoms with Crippen LogP contribution in [0.3, 0.4) is 0 Å². The van der Waals surface area contributed by atoms with Crippen molar-refractivity contribution in [2.45, 2.75) is 26.9 Å². The number of piperazine rings is 1. The molecular formula is C25H26F3N3O2. The summed E-state index contributed by atoms with van der Waals surface area (Å²) in [6.45, 7) is 9.54. The topological polar surface area (TPSA) is 43.9 Å². The maximum atomic E-state index is 13.6. The van der Waals surface area contributed by atoms with Gasteiger partial charge >= 0.3 is 6.18 Å². The number of hydrogen-bond donors (Lipinski definition) is 0. The standard InChI is InChI=1S/C25H26F3N3O2/c1-4-29-11-13-30(14-12-29)22-21(20-10-5-16(2)15-17(20)3)23(32)31(24(22)33)19-8-6-18(7-9-19)25(26,27)28/h5-10,15H,4,11-14H2,1-3H3. The molecule has 2 aliphatic heterocycles. The molecule has 0 atom stereocenters. The van der Waals surface area contributed by atoms with Crippen LogP contribution in [0.4, 0.5) is 18.9 Å². The van der Waals surface area contributed by atoms with Crippen molar-refractivity contribution in [3.63, 3.8) is 0 Å². The number of amides is 2. The molecule has 0 saturated carbocycles. The Kier molecular flexibility index (Phi) is 6.05. The fraction of sp³-hybridized carbons (Fsp3) is 0.360. The fourth-order valence-electron chi connectivity index (χ4n) is 4.47. The Morgan fingerprint density at radius 3 is 2.06 bits per heavy atom. The van der Waals surface area contributed by atoms with Gasteiger partial charge in [-0.25, -0.2) is 4.90 Å². The molecule has 174 valence electrons. The molecule has 0 unspecified atom stereocenters. The lowest BCUT2D eigenvalue weighted by molar-refractivity contribution is -0.137. The molecule has 0 radical (unpaired) electrons. The Balaban J connectivity index is 1.77. The van der Waals surface area contributed by atoms with Crippen LogP contribution in [0.5, 0.6) is 0 Å². The van der Waals surface area contributed by atoms with E-state index in [1.807, 2.05) is 36.9 Å². The summed E-state index contributed by atoms with van der Waals surface area (Å²) in [4.78, 5) is 32.4. The monoisotopic (exact) mass is 457 g/mol. The van der Waals surface area contributed by atoms with Crippen molar-refractivity contribution in [3.05, 3.63) is 70.4 Å². The zero-order chi connectivity index (χ0) is 23.9. The van der Waals surface area contributed by atoms with Crippen LogP contribution >= 0.6 is 0 Å². The van der Waals surface area contributed by atoms with Crippen LogP contribution in [0, 0.1) is 13.8 Å². The maximum Gasteiger partial charge on any atom is 0.416 e. The van der Waals surface area contributed by atoms with Crippen molar-refractivity contribution < 1.29 is 22.8 Å². The number of halogens is 3. The highest BCUT2D eigenvalue weighted by Crippen LogP contribution is 2.37. The van der Waals surface area contributed by atoms with E-state index in [4.69, 9.17) is 0 Å². The van der Waals surface area contributed by atoms with Gasteiger partial charge in [-0.05, 0) is 55.8 Å². The van der Waals surface area contributed by atoms with Crippen LogP contribution in [-0.4, -0.2) is 54.3 Å². The van der Waals surface area contributed by atoms with E-state index in [0.717, 1.165) is 47.8 Å². The molecule has 0 N–H and O–H groups in total. The second-order valence-corrected chi connectivity index (χ2v) is 8.45. The van der Waals surface area contributed by atoms with Gasteiger partial charge in [-0.2, -0.15) is 13.2 Å². The first kappa shape index (κ1) is 23.0. The van der Waals surface area contributed by atoms with Crippen LogP contribution in [0.2, 0.25) is 0 Å². The summed E-state index contributed by atoms with van der Waals surface area (Å²) in [6.07, 6.45) is -4.50. The molecule has 2 aromatic carbocycles. The zero-order valence-corrected chi connectivity index (χ0v) is 18.9. The van der Waals surface area contributed by atoms with Crippen LogP contribution in [0.15, 0.2) is 48.2 Å². The number of carbonyl (C=O) groups excluding carboxylic acids is 2. The highest BCUT2D eigenvalue weighted by molar-refractivity contribution is 6.45. The number of benzene rings is 2. The maximum absolute atomic E-state index is 13.6. The van der Waals surface area contributed by atoms with Crippen LogP contribution in [0.25, 0.3) is 5.57 Å². The average Bonchev–Trinajstić information content (AvgIpc) is 3.03. The number of rotatable bonds is 4. The molecule has 4 rings (SSSR count). The SMILES string of the molecule is CCN1CCN(C2=C(c3ccc(C)cc3C)C(=O)N(c3ccc(C(F)(F)F)cc3)C2=O)CC1. The Morgan fingerprint density at radius 2 is 1.52 bits per heavy atom. The molecule has 5 nitrogen and oxygen atoms in total. The predicted molar refractivity (Wildman–Crippen MR) is 120 cm³/mol. The quantitative estimate of drug-likeness (QED) is 0.645. The van der Waals surface area contributed by atoms with E-state index in [0.29, 0.717) is 29.9 Å². The van der Waals surface area contributed by atoms with E-state index in [2.05, 4.69) is 11.8 Å². The molecule has 2 aliphatic rings. The third kappa shape index (κ3) is 4.27. The lowest BCUT2D eigenvalue weighted by Gasteiger charge is -2.36. The number of likely N-dealkylation sites (N-methyl/N-ethyl adjacent to an activating group) is 1. The largest absolute Gasteiger partial charge is 0.416 e. The van der Waals surface area contributed by atoms with E-state index in [1.54, 1.807) is 0 Å². The van der Waals surface area contributed by atoms with Gasteiger partial charge in [0.05, 0.1) is 16.8 Å². The number of carbonyl (C=O) groups is 2. The van der Waals surface area contributed by atoms with Gasteiger partial charge in [0.1, 0.15) is 5.70 Å². The van der Waals surface area contributed by atoms with Crippen molar-refractivity contribution in [3.8, 4) is 0 Å². The highest BCUT2D eigenvalue weighted by Gasteiger charge is 2.43. The molecule has 1 saturated heterocycles. The summed E-state index contributed by atoms with van der Waals surface area (Å²) in [5.74, 6) is -1.01. The van der Waals surface area contributed by atoms with Gasteiger partial charge in [0.2, 0.25) is 0 Å². The van der Waals surface area contributed by atoms with E-state index in [-0.39, 0.29) is 5.69 Å². The van der Waals surface area contributed by atoms with E-state index < -0.39 is 23.6 Å². The second-order valence-electron chi connectivity index (χ2n) is 8.45. The van der Waals surface area contributed by atoms with Crippen molar-refractivity contribution in [1.29, 1.82) is 0 Å². The number of anilines is 1. The van der Waals surface area contributed by atoms with Gasteiger partial charge in [-0.3, -0.25) is 9.59 Å². The van der Waals surface area contributed by atoms with Crippen LogP contribution in [0.1, 0.15) is 29.2 Å². The van der Waals surface area contributed by atoms with Gasteiger partial charge < -0.3 is 9.80 Å². The molecule has 33 heavy (non-hydrogen) atoms. The average molecular weight is 457 g/mol. The number of aryl methyl sites for hydroxylation is 2. The number of nitrogens with zero attached hydrogens (tertiary/aromatic N) is 3. The minimum Gasteiger partial charge on any atom is -0.364 e. The Bertz CT molecular complexity index is 1110. The smallest absolute Gasteiger partial charge is 0.364 e. The molecule has 0 bridgehead atoms. The minimum atomic E-state index is -4.50. The second kappa shape index (κ2) is 8.67. The summed E-state index contributed by atoms with van der Waals surface area (Å²) in [5, 5.41) is 0. The molecule has 0 aliphatic carbocycles. The van der Waals surface area contributed by atoms with E-state index >= 15 is 0 Å². The van der Waals surface area contributed by atoms with Gasteiger partial charge in [0.25, 0.3) is 11.8 Å². The first-order chi connectivity index (χ1) is 15.6. The third-order valence-electron chi connectivity index (χ3n) is 6.30. The predicted octanol–water partition coefficient (Wildman–Crippen LogP) is 4.24. The molecule has 2 amide bonds. The van der Waals surface area contributed by atoms with Crippen LogP contribution < -0.4 is 4.90 Å². The van der Waals surface area contributed by atoms with Crippen molar-refractivity contribution in [2.75, 3.05) is 37.6 Å². The molecular weight excluding hydrogens is 431 g/mol. The van der Waals surface area contributed by atoms with Crippen LogP contribution in [-0.2, 0) is 15.8 Å². The normalized spacial score (nSPS) is 18.0. The lowest BCUT2D eigenvalue weighted by atomic mass is 9.97. The van der Waals surface area contributed by atoms with Crippen molar-refractivity contribution >= 4 is 23.1 Å². The Morgan fingerprint density at radius 1 is 0.879 bits per heavy atom. The number of hydrogen-bond acceptors (Lipinski definition) is 4. The van der Waals surface area contributed by atoms with Gasteiger partial charge in [-0.15, -0.1) is 0 Å². The van der Waals surface area contributed by atoms with Gasteiger partial charge in [-0.1, -0.05) is 30.7 Å². The fourth-order valence-corrected chi connectivity index (χ4v) is 4.47. The summed E-state index contributed by atoms with van der Waals surface area (Å²) < 4.78 is 39.0. The van der Waals surface area contributed by atoms with Gasteiger partial charge in [0, 0.05) is 26.2 Å². The summed E-state index contributed by atoms with van der Waals surface area (Å²) >= 11 is 0. The summed E-state index contributed by atoms with van der Waals surface area (Å²) in [7, 11) is 0. The molecule has 8 heteroatoms. The summed E-state index contributed by atoms with van der Waals surface area (Å²) in [5.41, 5.74) is 2.49. The zero-order valence-electron chi connectivity index (χ0n) is 18.9. The van der Waals surface area contributed by atoms with E-state index in [1.165, 1.54) is 12.1 Å². The summed E-state index contributed by atoms with van der Waals surface area (Å²) in [6, 6.07) is 9.82. The highest BCUT2D eigenvalue weighted by atomic mass is 19.4. The number of imide groups is 1. The minimum absolute atomic E-state index is 0.127. The first-order valence-electron chi connectivity index (χ1n) is 11.0. The first-order valence-corrected chi connectivity index (χ1v) is 11.0. The van der Waals surface area contributed by atoms with Crippen molar-refractivity contribution in [2.24, 2.45) is 0 Å². The van der Waals surface area contributed by atoms with Crippen molar-refractivity contribution in [1.82, 2.24) is 9.80 Å².